The summed E-state index contributed by atoms with van der Waals surface area (Å²) in [5.74, 6) is 3.58. The van der Waals surface area contributed by atoms with Crippen LogP contribution in [-0.2, 0) is 13.0 Å². The molecule has 1 aliphatic rings. The largest absolute Gasteiger partial charge is 0.490 e. The fourth-order valence-electron chi connectivity index (χ4n) is 2.17. The van der Waals surface area contributed by atoms with Gasteiger partial charge in [-0.1, -0.05) is 6.92 Å². The molecular formula is C16H19NO3. The average molecular weight is 273 g/mol. The van der Waals surface area contributed by atoms with E-state index in [4.69, 9.17) is 13.9 Å². The quantitative estimate of drug-likeness (QED) is 0.924. The summed E-state index contributed by atoms with van der Waals surface area (Å²) in [5.41, 5.74) is 1.00. The molecule has 1 N–H and O–H groups in total. The van der Waals surface area contributed by atoms with Crippen LogP contribution in [-0.4, -0.2) is 13.2 Å². The molecule has 106 valence electrons. The molecule has 20 heavy (non-hydrogen) atoms. The van der Waals surface area contributed by atoms with E-state index in [-0.39, 0.29) is 0 Å². The number of nitrogens with one attached hydrogen (secondary N) is 1. The number of fused-ring (bicyclic) bond motifs is 1. The maximum atomic E-state index is 5.67. The van der Waals surface area contributed by atoms with E-state index in [1.54, 1.807) is 0 Å². The molecule has 0 fully saturated rings. The topological polar surface area (TPSA) is 43.6 Å². The number of aryl methyl sites for hydroxylation is 1. The maximum Gasteiger partial charge on any atom is 0.163 e. The Hall–Kier alpha value is -2.10. The van der Waals surface area contributed by atoms with Crippen molar-refractivity contribution >= 4 is 5.69 Å². The Morgan fingerprint density at radius 3 is 2.60 bits per heavy atom. The Labute approximate surface area is 118 Å². The molecular weight excluding hydrogens is 254 g/mol. The van der Waals surface area contributed by atoms with E-state index in [0.717, 1.165) is 41.5 Å². The molecule has 0 amide bonds. The molecule has 0 spiro atoms. The summed E-state index contributed by atoms with van der Waals surface area (Å²) in [5, 5.41) is 3.34. The van der Waals surface area contributed by atoms with E-state index in [1.165, 1.54) is 0 Å². The Kier molecular flexibility index (Phi) is 3.81. The summed E-state index contributed by atoms with van der Waals surface area (Å²) in [6, 6.07) is 9.95. The minimum atomic E-state index is 0.666. The Morgan fingerprint density at radius 2 is 1.80 bits per heavy atom. The lowest BCUT2D eigenvalue weighted by molar-refractivity contribution is 0.297. The van der Waals surface area contributed by atoms with E-state index in [2.05, 4.69) is 12.2 Å². The number of ether oxygens (including phenoxy) is 2. The monoisotopic (exact) mass is 273 g/mol. The first kappa shape index (κ1) is 12.9. The third-order valence-corrected chi connectivity index (χ3v) is 3.28. The lowest BCUT2D eigenvalue weighted by atomic mass is 10.2. The van der Waals surface area contributed by atoms with E-state index >= 15 is 0 Å². The molecule has 0 bridgehead atoms. The van der Waals surface area contributed by atoms with Gasteiger partial charge in [0.25, 0.3) is 0 Å². The summed E-state index contributed by atoms with van der Waals surface area (Å²) in [4.78, 5) is 0. The molecule has 0 unspecified atom stereocenters. The summed E-state index contributed by atoms with van der Waals surface area (Å²) in [6.07, 6.45) is 1.84. The Balaban J connectivity index is 1.67. The highest BCUT2D eigenvalue weighted by Gasteiger charge is 2.10. The SMILES string of the molecule is CCc1ccc(CNc2ccc3c(c2)OCCCO3)o1. The first-order valence-electron chi connectivity index (χ1n) is 7.06. The van der Waals surface area contributed by atoms with Crippen molar-refractivity contribution in [3.05, 3.63) is 41.9 Å². The summed E-state index contributed by atoms with van der Waals surface area (Å²) in [7, 11) is 0. The zero-order valence-corrected chi connectivity index (χ0v) is 11.6. The van der Waals surface area contributed by atoms with Crippen LogP contribution in [0.2, 0.25) is 0 Å². The Bertz CT molecular complexity index is 577. The second kappa shape index (κ2) is 5.90. The van der Waals surface area contributed by atoms with Crippen LogP contribution in [0.25, 0.3) is 0 Å². The molecule has 2 heterocycles. The minimum Gasteiger partial charge on any atom is -0.490 e. The van der Waals surface area contributed by atoms with Crippen molar-refractivity contribution in [3.8, 4) is 11.5 Å². The molecule has 0 atom stereocenters. The smallest absolute Gasteiger partial charge is 0.163 e. The van der Waals surface area contributed by atoms with Crippen LogP contribution in [0.1, 0.15) is 24.9 Å². The number of rotatable bonds is 4. The molecule has 0 saturated carbocycles. The number of furan rings is 1. The van der Waals surface area contributed by atoms with Crippen LogP contribution >= 0.6 is 0 Å². The number of anilines is 1. The van der Waals surface area contributed by atoms with Gasteiger partial charge >= 0.3 is 0 Å². The van der Waals surface area contributed by atoms with E-state index < -0.39 is 0 Å². The van der Waals surface area contributed by atoms with Crippen LogP contribution in [0.15, 0.2) is 34.7 Å². The van der Waals surface area contributed by atoms with Crippen molar-refractivity contribution in [3.63, 3.8) is 0 Å². The highest BCUT2D eigenvalue weighted by Crippen LogP contribution is 2.32. The standard InChI is InChI=1S/C16H19NO3/c1-2-13-5-6-14(20-13)11-17-12-4-7-15-16(10-12)19-9-3-8-18-15/h4-7,10,17H,2-3,8-9,11H2,1H3. The van der Waals surface area contributed by atoms with Crippen molar-refractivity contribution in [1.29, 1.82) is 0 Å². The van der Waals surface area contributed by atoms with Gasteiger partial charge in [0.05, 0.1) is 19.8 Å². The highest BCUT2D eigenvalue weighted by molar-refractivity contribution is 5.55. The second-order valence-electron chi connectivity index (χ2n) is 4.79. The summed E-state index contributed by atoms with van der Waals surface area (Å²) < 4.78 is 17.0. The maximum absolute atomic E-state index is 5.67. The first-order chi connectivity index (χ1) is 9.85. The van der Waals surface area contributed by atoms with Crippen molar-refractivity contribution in [2.75, 3.05) is 18.5 Å². The zero-order chi connectivity index (χ0) is 13.8. The number of hydrogen-bond acceptors (Lipinski definition) is 4. The molecule has 0 radical (unpaired) electrons. The predicted molar refractivity (Wildman–Crippen MR) is 77.5 cm³/mol. The van der Waals surface area contributed by atoms with Gasteiger partial charge in [-0.3, -0.25) is 0 Å². The van der Waals surface area contributed by atoms with Gasteiger partial charge in [-0.2, -0.15) is 0 Å². The molecule has 2 aromatic rings. The van der Waals surface area contributed by atoms with Gasteiger partial charge in [0.1, 0.15) is 11.5 Å². The van der Waals surface area contributed by atoms with Crippen molar-refractivity contribution in [2.45, 2.75) is 26.3 Å². The molecule has 0 aliphatic carbocycles. The third-order valence-electron chi connectivity index (χ3n) is 3.28. The molecule has 1 aromatic carbocycles. The highest BCUT2D eigenvalue weighted by atomic mass is 16.5. The molecule has 1 aromatic heterocycles. The fraction of sp³-hybridized carbons (Fsp3) is 0.375. The predicted octanol–water partition coefficient (Wildman–Crippen LogP) is 3.62. The van der Waals surface area contributed by atoms with Gasteiger partial charge in [-0.05, 0) is 24.3 Å². The normalized spacial score (nSPS) is 13.8. The van der Waals surface area contributed by atoms with Crippen LogP contribution in [0, 0.1) is 0 Å². The van der Waals surface area contributed by atoms with E-state index in [0.29, 0.717) is 19.8 Å². The lowest BCUT2D eigenvalue weighted by Gasteiger charge is -2.10. The van der Waals surface area contributed by atoms with Crippen LogP contribution in [0.4, 0.5) is 5.69 Å². The molecule has 4 heteroatoms. The zero-order valence-electron chi connectivity index (χ0n) is 11.6. The first-order valence-corrected chi connectivity index (χ1v) is 7.06. The van der Waals surface area contributed by atoms with Crippen LogP contribution in [0.5, 0.6) is 11.5 Å². The van der Waals surface area contributed by atoms with Crippen molar-refractivity contribution in [1.82, 2.24) is 0 Å². The van der Waals surface area contributed by atoms with Gasteiger partial charge < -0.3 is 19.2 Å². The lowest BCUT2D eigenvalue weighted by Crippen LogP contribution is -1.99. The fourth-order valence-corrected chi connectivity index (χ4v) is 2.17. The van der Waals surface area contributed by atoms with Crippen LogP contribution in [0.3, 0.4) is 0 Å². The average Bonchev–Trinajstić information content (AvgIpc) is 2.82. The number of hydrogen-bond donors (Lipinski definition) is 1. The third kappa shape index (κ3) is 2.90. The second-order valence-corrected chi connectivity index (χ2v) is 4.79. The van der Waals surface area contributed by atoms with Crippen LogP contribution < -0.4 is 14.8 Å². The summed E-state index contributed by atoms with van der Waals surface area (Å²) in [6.45, 7) is 4.17. The van der Waals surface area contributed by atoms with Crippen molar-refractivity contribution in [2.24, 2.45) is 0 Å². The van der Waals surface area contributed by atoms with Gasteiger partial charge in [-0.25, -0.2) is 0 Å². The van der Waals surface area contributed by atoms with Gasteiger partial charge in [0.2, 0.25) is 0 Å². The molecule has 4 nitrogen and oxygen atoms in total. The van der Waals surface area contributed by atoms with E-state index in [9.17, 15) is 0 Å². The van der Waals surface area contributed by atoms with Gasteiger partial charge in [-0.15, -0.1) is 0 Å². The molecule has 3 rings (SSSR count). The molecule has 1 aliphatic heterocycles. The van der Waals surface area contributed by atoms with E-state index in [1.807, 2.05) is 30.3 Å². The van der Waals surface area contributed by atoms with Gasteiger partial charge in [0, 0.05) is 24.6 Å². The summed E-state index contributed by atoms with van der Waals surface area (Å²) >= 11 is 0. The van der Waals surface area contributed by atoms with Crippen molar-refractivity contribution < 1.29 is 13.9 Å². The minimum absolute atomic E-state index is 0.666. The number of benzene rings is 1. The Morgan fingerprint density at radius 1 is 1.00 bits per heavy atom. The van der Waals surface area contributed by atoms with Gasteiger partial charge in [0.15, 0.2) is 11.5 Å². The molecule has 0 saturated heterocycles.